The highest BCUT2D eigenvalue weighted by Gasteiger charge is 2.02. The second-order valence-electron chi connectivity index (χ2n) is 6.40. The lowest BCUT2D eigenvalue weighted by Crippen LogP contribution is -2.24. The molecule has 0 unspecified atom stereocenters. The third-order valence-corrected chi connectivity index (χ3v) is 13.2. The Hall–Kier alpha value is 0.470. The van der Waals surface area contributed by atoms with Gasteiger partial charge < -0.3 is 40.1 Å². The smallest absolute Gasteiger partial charge is 0.408 e. The van der Waals surface area contributed by atoms with E-state index in [4.69, 9.17) is 24.7 Å². The first-order valence-corrected chi connectivity index (χ1v) is 22.4. The summed E-state index contributed by atoms with van der Waals surface area (Å²) in [4.78, 5) is 50.0. The van der Waals surface area contributed by atoms with Crippen LogP contribution in [0.4, 0.5) is 9.59 Å². The van der Waals surface area contributed by atoms with Gasteiger partial charge in [0, 0.05) is 30.5 Å². The monoisotopic (exact) mass is 782 g/mol. The average Bonchev–Trinajstić information content (AvgIpc) is 3.01. The maximum absolute atomic E-state index is 11.7. The van der Waals surface area contributed by atoms with Crippen molar-refractivity contribution in [3.05, 3.63) is 0 Å². The average molecular weight is 783 g/mol. The van der Waals surface area contributed by atoms with E-state index in [1.54, 1.807) is 94.1 Å². The van der Waals surface area contributed by atoms with Crippen LogP contribution in [0.2, 0.25) is 0 Å². The summed E-state index contributed by atoms with van der Waals surface area (Å²) in [6.07, 6.45) is 1.54. The Kier molecular flexibility index (Phi) is 39.1. The van der Waals surface area contributed by atoms with Gasteiger partial charge in [0.25, 0.3) is 0 Å². The van der Waals surface area contributed by atoms with Gasteiger partial charge in [-0.05, 0) is 0 Å². The Balaban J connectivity index is 3.24. The zero-order valence-electron chi connectivity index (χ0n) is 23.2. The molecule has 0 aromatic rings. The lowest BCUT2D eigenvalue weighted by molar-refractivity contribution is -0.221. The number of amides is 2. The van der Waals surface area contributed by atoms with Crippen LogP contribution in [0, 0.1) is 0 Å². The molecule has 0 aromatic heterocycles. The van der Waals surface area contributed by atoms with E-state index in [1.807, 2.05) is 0 Å². The van der Waals surface area contributed by atoms with Crippen LogP contribution in [0.25, 0.3) is 0 Å². The molecule has 0 rings (SSSR count). The van der Waals surface area contributed by atoms with E-state index in [0.717, 1.165) is 30.5 Å². The number of nitrogens with zero attached hydrogens (tertiary/aromatic N) is 2. The van der Waals surface area contributed by atoms with E-state index in [9.17, 15) is 9.59 Å². The number of hydrogen-bond acceptors (Lipinski definition) is 21. The Labute approximate surface area is 290 Å². The standard InChI is InChI=1S/C20H38N4O10S9/c25-1-3-29-19(27)23-9-37-15-41-14-36-8-22-6-33-34-12-40-18-43-17-39-11-30-20(28)24-10-38-16-42-13-35-7-21-5-32-31-4-2-26/h5-6,25-26H,1-4,7-18H2,(H,23,27)(H,24,28)/b21-5+,22-6-. The summed E-state index contributed by atoms with van der Waals surface area (Å²) in [5.74, 6) is 2.72. The van der Waals surface area contributed by atoms with Crippen LogP contribution in [-0.2, 0) is 29.0 Å². The minimum absolute atomic E-state index is 0.00149. The van der Waals surface area contributed by atoms with Gasteiger partial charge in [0.1, 0.15) is 25.1 Å². The summed E-state index contributed by atoms with van der Waals surface area (Å²) >= 11 is 14.6. The zero-order valence-corrected chi connectivity index (χ0v) is 30.5. The van der Waals surface area contributed by atoms with E-state index in [2.05, 4.69) is 35.1 Å². The van der Waals surface area contributed by atoms with Crippen LogP contribution in [0.15, 0.2) is 9.98 Å². The summed E-state index contributed by atoms with van der Waals surface area (Å²) in [5.41, 5.74) is 0. The number of aliphatic imine (C=N–C) groups is 2. The van der Waals surface area contributed by atoms with Gasteiger partial charge in [-0.25, -0.2) is 19.6 Å². The Morgan fingerprint density at radius 3 is 1.65 bits per heavy atom. The normalized spacial score (nSPS) is 11.2. The lowest BCUT2D eigenvalue weighted by atomic mass is 10.8. The van der Waals surface area contributed by atoms with Crippen molar-refractivity contribution in [3.8, 4) is 0 Å². The molecule has 0 bridgehead atoms. The van der Waals surface area contributed by atoms with Gasteiger partial charge in [0.15, 0.2) is 0 Å². The minimum Gasteiger partial charge on any atom is -0.447 e. The van der Waals surface area contributed by atoms with Crippen molar-refractivity contribution in [1.82, 2.24) is 10.6 Å². The zero-order chi connectivity index (χ0) is 31.3. The molecule has 0 spiro atoms. The number of aliphatic hydroxyl groups is 2. The highest BCUT2D eigenvalue weighted by Crippen LogP contribution is 2.19. The van der Waals surface area contributed by atoms with E-state index in [-0.39, 0.29) is 26.4 Å². The number of hydrogen-bond donors (Lipinski definition) is 4. The largest absolute Gasteiger partial charge is 0.447 e. The van der Waals surface area contributed by atoms with E-state index >= 15 is 0 Å². The molecule has 0 saturated heterocycles. The SMILES string of the molecule is O=C(NCSCSCSC/N=C\OOCSCSCSCOC(=O)NCSCSCSC/N=C/OOCCO)OCCO. The molecule has 0 fully saturated rings. The molecule has 0 saturated carbocycles. The Morgan fingerprint density at radius 1 is 0.581 bits per heavy atom. The van der Waals surface area contributed by atoms with E-state index in [1.165, 1.54) is 24.6 Å². The van der Waals surface area contributed by atoms with Crippen molar-refractivity contribution >= 4 is 131 Å². The Morgan fingerprint density at radius 2 is 1.07 bits per heavy atom. The van der Waals surface area contributed by atoms with Crippen LogP contribution in [-0.4, -0.2) is 128 Å². The highest BCUT2D eigenvalue weighted by molar-refractivity contribution is 8.23. The lowest BCUT2D eigenvalue weighted by Gasteiger charge is -2.06. The molecular formula is C20H38N4O10S9. The first-order chi connectivity index (χ1) is 21.2. The van der Waals surface area contributed by atoms with Gasteiger partial charge >= 0.3 is 12.2 Å². The summed E-state index contributed by atoms with van der Waals surface area (Å²) in [6, 6.07) is 0. The Bertz CT molecular complexity index is 697. The molecule has 0 aliphatic heterocycles. The fourth-order valence-electron chi connectivity index (χ4n) is 1.67. The third-order valence-electron chi connectivity index (χ3n) is 3.24. The summed E-state index contributed by atoms with van der Waals surface area (Å²) in [7, 11) is 0. The number of ether oxygens (including phenoxy) is 2. The number of carbonyl (C=O) groups is 2. The molecule has 43 heavy (non-hydrogen) atoms. The number of alkyl carbamates (subject to hydrolysis) is 2. The first-order valence-electron chi connectivity index (χ1n) is 12.0. The van der Waals surface area contributed by atoms with Crippen LogP contribution >= 0.6 is 106 Å². The van der Waals surface area contributed by atoms with Crippen molar-refractivity contribution in [2.45, 2.75) is 0 Å². The van der Waals surface area contributed by atoms with Crippen molar-refractivity contribution < 1.29 is 48.8 Å². The highest BCUT2D eigenvalue weighted by atomic mass is 32.2. The van der Waals surface area contributed by atoms with Crippen molar-refractivity contribution in [2.24, 2.45) is 9.98 Å². The maximum Gasteiger partial charge on any atom is 0.408 e. The molecule has 0 atom stereocenters. The van der Waals surface area contributed by atoms with E-state index < -0.39 is 12.2 Å². The van der Waals surface area contributed by atoms with Gasteiger partial charge in [0.2, 0.25) is 12.8 Å². The van der Waals surface area contributed by atoms with Crippen LogP contribution in [0.1, 0.15) is 0 Å². The molecule has 4 N–H and O–H groups in total. The molecule has 23 heteroatoms. The summed E-state index contributed by atoms with van der Waals surface area (Å²) in [6.45, 7) is -0.179. The van der Waals surface area contributed by atoms with Gasteiger partial charge in [-0.1, -0.05) is 0 Å². The van der Waals surface area contributed by atoms with Crippen LogP contribution in [0.5, 0.6) is 0 Å². The summed E-state index contributed by atoms with van der Waals surface area (Å²) in [5, 5.41) is 27.3. The predicted molar refractivity (Wildman–Crippen MR) is 191 cm³/mol. The third kappa shape index (κ3) is 38.6. The topological polar surface area (TPSA) is 179 Å². The molecule has 2 amide bonds. The fourth-order valence-corrected chi connectivity index (χ4v) is 10.0. The maximum atomic E-state index is 11.7. The molecule has 0 heterocycles. The summed E-state index contributed by atoms with van der Waals surface area (Å²) < 4.78 is 9.80. The number of carbonyl (C=O) groups excluding carboxylic acids is 2. The van der Waals surface area contributed by atoms with Crippen molar-refractivity contribution in [2.75, 3.05) is 92.3 Å². The van der Waals surface area contributed by atoms with Crippen molar-refractivity contribution in [1.29, 1.82) is 0 Å². The number of rotatable bonds is 32. The number of aliphatic hydroxyl groups excluding tert-OH is 2. The quantitative estimate of drug-likeness (QED) is 0.0187. The molecule has 0 aliphatic carbocycles. The van der Waals surface area contributed by atoms with Crippen LogP contribution in [0.3, 0.4) is 0 Å². The van der Waals surface area contributed by atoms with Crippen molar-refractivity contribution in [3.63, 3.8) is 0 Å². The molecular weight excluding hydrogens is 745 g/mol. The van der Waals surface area contributed by atoms with Gasteiger partial charge in [-0.3, -0.25) is 0 Å². The molecule has 0 aromatic carbocycles. The molecule has 252 valence electrons. The van der Waals surface area contributed by atoms with Crippen LogP contribution < -0.4 is 10.6 Å². The predicted octanol–water partition coefficient (Wildman–Crippen LogP) is 4.47. The van der Waals surface area contributed by atoms with Gasteiger partial charge in [-0.2, -0.15) is 9.78 Å². The molecule has 14 nitrogen and oxygen atoms in total. The molecule has 0 aliphatic rings. The number of thioether (sulfide) groups is 9. The molecule has 0 radical (unpaired) electrons. The van der Waals surface area contributed by atoms with E-state index in [0.29, 0.717) is 35.4 Å². The fraction of sp³-hybridized carbons (Fsp3) is 0.800. The van der Waals surface area contributed by atoms with Gasteiger partial charge in [-0.15, -0.1) is 106 Å². The van der Waals surface area contributed by atoms with Gasteiger partial charge in [0.05, 0.1) is 36.7 Å². The second kappa shape index (κ2) is 38.7. The number of nitrogens with one attached hydrogen (secondary N) is 2. The first kappa shape index (κ1) is 43.5. The second-order valence-corrected chi connectivity index (χ2v) is 17.3. The minimum atomic E-state index is -0.527.